The number of carbonyl (C=O) groups is 2. The van der Waals surface area contributed by atoms with E-state index in [9.17, 15) is 19.1 Å². The summed E-state index contributed by atoms with van der Waals surface area (Å²) in [6.07, 6.45) is 2.16. The van der Waals surface area contributed by atoms with E-state index in [-0.39, 0.29) is 16.9 Å². The van der Waals surface area contributed by atoms with Crippen LogP contribution in [0.15, 0.2) is 24.3 Å². The molecule has 3 rings (SSSR count). The van der Waals surface area contributed by atoms with Crippen molar-refractivity contribution in [3.63, 3.8) is 0 Å². The van der Waals surface area contributed by atoms with Gasteiger partial charge in [0.1, 0.15) is 11.9 Å². The van der Waals surface area contributed by atoms with Gasteiger partial charge in [-0.25, -0.2) is 4.39 Å². The molecular formula is C17H21FN2O3. The summed E-state index contributed by atoms with van der Waals surface area (Å²) in [6, 6.07) is 5.58. The van der Waals surface area contributed by atoms with E-state index in [1.165, 1.54) is 12.1 Å². The summed E-state index contributed by atoms with van der Waals surface area (Å²) >= 11 is 0. The Labute approximate surface area is 134 Å². The van der Waals surface area contributed by atoms with E-state index < -0.39 is 17.8 Å². The highest BCUT2D eigenvalue weighted by Crippen LogP contribution is 2.43. The fraction of sp³-hybridized carbons (Fsp3) is 0.529. The molecule has 0 aromatic heterocycles. The summed E-state index contributed by atoms with van der Waals surface area (Å²) < 4.78 is 13.8. The van der Waals surface area contributed by atoms with Crippen LogP contribution in [0.3, 0.4) is 0 Å². The molecule has 2 aliphatic heterocycles. The van der Waals surface area contributed by atoms with Crippen LogP contribution in [0.2, 0.25) is 0 Å². The van der Waals surface area contributed by atoms with Crippen molar-refractivity contribution in [2.45, 2.75) is 25.3 Å². The number of carbonyl (C=O) groups excluding carboxylic acids is 1. The highest BCUT2D eigenvalue weighted by molar-refractivity contribution is 5.94. The Bertz CT molecular complexity index is 626. The molecule has 124 valence electrons. The molecule has 2 heterocycles. The molecule has 0 aliphatic carbocycles. The molecule has 6 heteroatoms. The third-order valence-electron chi connectivity index (χ3n) is 5.24. The third-order valence-corrected chi connectivity index (χ3v) is 5.24. The average molecular weight is 320 g/mol. The van der Waals surface area contributed by atoms with E-state index in [1.54, 1.807) is 17.0 Å². The zero-order valence-corrected chi connectivity index (χ0v) is 13.2. The largest absolute Gasteiger partial charge is 0.480 e. The maximum Gasteiger partial charge on any atom is 0.320 e. The maximum atomic E-state index is 13.8. The van der Waals surface area contributed by atoms with Gasteiger partial charge in [0.15, 0.2) is 0 Å². The van der Waals surface area contributed by atoms with Crippen molar-refractivity contribution in [2.24, 2.45) is 5.41 Å². The number of carboxylic acid groups (broad SMARTS) is 1. The molecule has 23 heavy (non-hydrogen) atoms. The van der Waals surface area contributed by atoms with Crippen molar-refractivity contribution < 1.29 is 19.1 Å². The number of carboxylic acids is 1. The van der Waals surface area contributed by atoms with Crippen LogP contribution in [0.4, 0.5) is 4.39 Å². The van der Waals surface area contributed by atoms with Crippen LogP contribution in [-0.2, 0) is 4.79 Å². The van der Waals surface area contributed by atoms with E-state index in [0.717, 1.165) is 19.4 Å². The van der Waals surface area contributed by atoms with Gasteiger partial charge in [0, 0.05) is 19.6 Å². The molecule has 0 radical (unpaired) electrons. The Morgan fingerprint density at radius 2 is 1.91 bits per heavy atom. The SMILES string of the molecule is CN1CC2(CCN(C(=O)c3ccccc3F)CC2)C[C@H]1C(=O)O. The van der Waals surface area contributed by atoms with Crippen LogP contribution >= 0.6 is 0 Å². The number of nitrogens with zero attached hydrogens (tertiary/aromatic N) is 2. The quantitative estimate of drug-likeness (QED) is 0.903. The molecule has 2 saturated heterocycles. The predicted octanol–water partition coefficient (Wildman–Crippen LogP) is 1.84. The van der Waals surface area contributed by atoms with Gasteiger partial charge in [-0.05, 0) is 43.9 Å². The number of aliphatic carboxylic acids is 1. The number of rotatable bonds is 2. The van der Waals surface area contributed by atoms with Crippen molar-refractivity contribution in [1.29, 1.82) is 0 Å². The lowest BCUT2D eigenvalue weighted by atomic mass is 9.76. The van der Waals surface area contributed by atoms with E-state index in [0.29, 0.717) is 19.5 Å². The third kappa shape index (κ3) is 2.95. The summed E-state index contributed by atoms with van der Waals surface area (Å²) in [5.74, 6) is -1.56. The second-order valence-corrected chi connectivity index (χ2v) is 6.75. The van der Waals surface area contributed by atoms with Crippen LogP contribution in [0, 0.1) is 11.2 Å². The molecule has 2 fully saturated rings. The number of amides is 1. The lowest BCUT2D eigenvalue weighted by Gasteiger charge is -2.39. The first-order valence-corrected chi connectivity index (χ1v) is 7.89. The summed E-state index contributed by atoms with van der Waals surface area (Å²) in [4.78, 5) is 27.3. The minimum atomic E-state index is -0.783. The number of likely N-dealkylation sites (N-methyl/N-ethyl adjacent to an activating group) is 1. The number of benzene rings is 1. The number of halogens is 1. The van der Waals surface area contributed by atoms with Gasteiger partial charge < -0.3 is 10.0 Å². The first-order valence-electron chi connectivity index (χ1n) is 7.89. The molecular weight excluding hydrogens is 299 g/mol. The highest BCUT2D eigenvalue weighted by atomic mass is 19.1. The fourth-order valence-corrected chi connectivity index (χ4v) is 3.90. The summed E-state index contributed by atoms with van der Waals surface area (Å²) in [5.41, 5.74) is 0.0690. The average Bonchev–Trinajstić information content (AvgIpc) is 2.84. The van der Waals surface area contributed by atoms with Crippen LogP contribution in [0.1, 0.15) is 29.6 Å². The monoisotopic (exact) mass is 320 g/mol. The molecule has 1 atom stereocenters. The lowest BCUT2D eigenvalue weighted by Crippen LogP contribution is -2.44. The second kappa shape index (κ2) is 5.92. The van der Waals surface area contributed by atoms with Gasteiger partial charge >= 0.3 is 5.97 Å². The fourth-order valence-electron chi connectivity index (χ4n) is 3.90. The zero-order chi connectivity index (χ0) is 16.6. The molecule has 1 amide bonds. The number of hydrogen-bond acceptors (Lipinski definition) is 3. The molecule has 0 bridgehead atoms. The lowest BCUT2D eigenvalue weighted by molar-refractivity contribution is -0.141. The summed E-state index contributed by atoms with van der Waals surface area (Å²) in [5, 5.41) is 9.27. The van der Waals surface area contributed by atoms with Crippen LogP contribution in [0.25, 0.3) is 0 Å². The topological polar surface area (TPSA) is 60.9 Å². The standard InChI is InChI=1S/C17H21FN2O3/c1-19-11-17(10-14(19)16(22)23)6-8-20(9-7-17)15(21)12-4-2-3-5-13(12)18/h2-5,14H,6-11H2,1H3,(H,22,23)/t14-/m0/s1. The van der Waals surface area contributed by atoms with Gasteiger partial charge in [-0.3, -0.25) is 14.5 Å². The maximum absolute atomic E-state index is 13.8. The highest BCUT2D eigenvalue weighted by Gasteiger charge is 2.47. The van der Waals surface area contributed by atoms with Gasteiger partial charge in [0.05, 0.1) is 5.56 Å². The zero-order valence-electron chi connectivity index (χ0n) is 13.2. The minimum absolute atomic E-state index is 0.0379. The molecule has 0 saturated carbocycles. The second-order valence-electron chi connectivity index (χ2n) is 6.75. The Hall–Kier alpha value is -1.95. The summed E-state index contributed by atoms with van der Waals surface area (Å²) in [6.45, 7) is 1.84. The van der Waals surface area contributed by atoms with Gasteiger partial charge in [0.2, 0.25) is 0 Å². The molecule has 1 N–H and O–H groups in total. The Balaban J connectivity index is 1.66. The summed E-state index contributed by atoms with van der Waals surface area (Å²) in [7, 11) is 1.84. The molecule has 1 spiro atoms. The molecule has 1 aromatic rings. The molecule has 0 unspecified atom stereocenters. The van der Waals surface area contributed by atoms with Gasteiger partial charge in [0.25, 0.3) is 5.91 Å². The van der Waals surface area contributed by atoms with E-state index in [4.69, 9.17) is 0 Å². The first-order chi connectivity index (χ1) is 10.9. The van der Waals surface area contributed by atoms with E-state index in [1.807, 2.05) is 11.9 Å². The van der Waals surface area contributed by atoms with Crippen LogP contribution in [0.5, 0.6) is 0 Å². The van der Waals surface area contributed by atoms with Gasteiger partial charge in [-0.2, -0.15) is 0 Å². The van der Waals surface area contributed by atoms with Crippen molar-refractivity contribution in [2.75, 3.05) is 26.7 Å². The molecule has 5 nitrogen and oxygen atoms in total. The number of piperidine rings is 1. The minimum Gasteiger partial charge on any atom is -0.480 e. The van der Waals surface area contributed by atoms with Crippen molar-refractivity contribution in [3.05, 3.63) is 35.6 Å². The van der Waals surface area contributed by atoms with Crippen molar-refractivity contribution in [3.8, 4) is 0 Å². The Morgan fingerprint density at radius 1 is 1.26 bits per heavy atom. The van der Waals surface area contributed by atoms with Crippen LogP contribution < -0.4 is 0 Å². The van der Waals surface area contributed by atoms with Gasteiger partial charge in [-0.1, -0.05) is 12.1 Å². The Kier molecular flexibility index (Phi) is 4.10. The van der Waals surface area contributed by atoms with Crippen molar-refractivity contribution >= 4 is 11.9 Å². The van der Waals surface area contributed by atoms with E-state index >= 15 is 0 Å². The smallest absolute Gasteiger partial charge is 0.320 e. The number of likely N-dealkylation sites (tertiary alicyclic amines) is 2. The molecule has 2 aliphatic rings. The van der Waals surface area contributed by atoms with Gasteiger partial charge in [-0.15, -0.1) is 0 Å². The number of hydrogen-bond donors (Lipinski definition) is 1. The van der Waals surface area contributed by atoms with E-state index in [2.05, 4.69) is 0 Å². The predicted molar refractivity (Wildman–Crippen MR) is 82.6 cm³/mol. The Morgan fingerprint density at radius 3 is 2.48 bits per heavy atom. The van der Waals surface area contributed by atoms with Crippen molar-refractivity contribution in [1.82, 2.24) is 9.80 Å². The first kappa shape index (κ1) is 15.9. The normalized spacial score (nSPS) is 24.1. The molecule has 1 aromatic carbocycles. The van der Waals surface area contributed by atoms with Crippen LogP contribution in [-0.4, -0.2) is 59.5 Å².